The summed E-state index contributed by atoms with van der Waals surface area (Å²) in [5.74, 6) is 0.890. The van der Waals surface area contributed by atoms with Crippen LogP contribution in [0, 0.1) is 17.3 Å². The lowest BCUT2D eigenvalue weighted by molar-refractivity contribution is -0.129. The molecule has 3 unspecified atom stereocenters. The quantitative estimate of drug-likeness (QED) is 0.446. The van der Waals surface area contributed by atoms with Crippen LogP contribution in [0.5, 0.6) is 0 Å². The van der Waals surface area contributed by atoms with E-state index in [1.54, 1.807) is 13.8 Å². The molecule has 0 aromatic rings. The minimum Gasteiger partial charge on any atom is -0.350 e. The second-order valence-corrected chi connectivity index (χ2v) is 9.91. The average molecular weight is 393 g/mol. The number of likely N-dealkylation sites (tertiary alicyclic amines) is 2. The Morgan fingerprint density at radius 1 is 1.21 bits per heavy atom. The van der Waals surface area contributed by atoms with Crippen LogP contribution >= 0.6 is 0 Å². The van der Waals surface area contributed by atoms with E-state index in [1.807, 2.05) is 0 Å². The van der Waals surface area contributed by atoms with Crippen molar-refractivity contribution in [1.29, 1.82) is 0 Å². The third-order valence-electron chi connectivity index (χ3n) is 7.68. The number of carbonyl (C=O) groups excluding carboxylic acids is 2. The fourth-order valence-corrected chi connectivity index (χ4v) is 5.93. The second-order valence-electron chi connectivity index (χ2n) is 9.91. The van der Waals surface area contributed by atoms with Crippen LogP contribution in [0.15, 0.2) is 0 Å². The highest BCUT2D eigenvalue weighted by Gasteiger charge is 2.63. The Kier molecular flexibility index (Phi) is 5.18. The lowest BCUT2D eigenvalue weighted by atomic mass is 9.96. The van der Waals surface area contributed by atoms with Gasteiger partial charge in [-0.15, -0.1) is 0 Å². The number of hydrogen-bond acceptors (Lipinski definition) is 6. The van der Waals surface area contributed by atoms with Crippen LogP contribution in [-0.2, 0) is 9.59 Å². The molecule has 0 aromatic carbocycles. The predicted octanol–water partition coefficient (Wildman–Crippen LogP) is -1.30. The van der Waals surface area contributed by atoms with Crippen LogP contribution in [0.25, 0.3) is 0 Å². The molecule has 2 saturated carbocycles. The Bertz CT molecular complexity index is 640. The van der Waals surface area contributed by atoms with Crippen LogP contribution in [0.3, 0.4) is 0 Å². The van der Waals surface area contributed by atoms with E-state index in [9.17, 15) is 9.59 Å². The van der Waals surface area contributed by atoms with Gasteiger partial charge in [0.2, 0.25) is 11.8 Å². The molecule has 2 aliphatic carbocycles. The molecular weight excluding hydrogens is 356 g/mol. The SMILES string of the molecule is C[C@H](N)C(=O)N[C@@H](C)C(=O)N[C@H]1CN(C)CC12CC2CN1C[C@H]2CC1C[C@H]2N. The van der Waals surface area contributed by atoms with Gasteiger partial charge in [0.05, 0.1) is 6.04 Å². The molecule has 2 amide bonds. The van der Waals surface area contributed by atoms with Crippen LogP contribution in [0.1, 0.15) is 33.1 Å². The Labute approximate surface area is 167 Å². The minimum atomic E-state index is -0.615. The molecule has 6 N–H and O–H groups in total. The highest BCUT2D eigenvalue weighted by Crippen LogP contribution is 2.59. The topological polar surface area (TPSA) is 117 Å². The molecule has 2 saturated heterocycles. The zero-order valence-electron chi connectivity index (χ0n) is 17.4. The van der Waals surface area contributed by atoms with E-state index in [4.69, 9.17) is 11.5 Å². The monoisotopic (exact) mass is 392 g/mol. The van der Waals surface area contributed by atoms with Crippen LogP contribution in [-0.4, -0.2) is 85.1 Å². The van der Waals surface area contributed by atoms with Gasteiger partial charge in [-0.2, -0.15) is 0 Å². The van der Waals surface area contributed by atoms with Gasteiger partial charge in [-0.05, 0) is 52.0 Å². The molecule has 4 fully saturated rings. The molecule has 2 aliphatic heterocycles. The fourth-order valence-electron chi connectivity index (χ4n) is 5.93. The van der Waals surface area contributed by atoms with Crippen molar-refractivity contribution >= 4 is 11.8 Å². The molecular formula is C20H36N6O2. The molecule has 8 heteroatoms. The standard InChI is InChI=1S/C20H36N6O2/c1-11(21)18(27)23-12(2)19(28)24-17-9-25(3)10-20(17)6-14(20)8-26-7-13-4-15(26)5-16(13)22/h11-17H,4-10,21-22H2,1-3H3,(H,23,27)(H,24,28)/t11-,12-,13+,14?,15?,16+,17-,20?/m0/s1. The number of nitrogens with zero attached hydrogens (tertiary/aromatic N) is 2. The summed E-state index contributed by atoms with van der Waals surface area (Å²) in [5.41, 5.74) is 12.0. The summed E-state index contributed by atoms with van der Waals surface area (Å²) >= 11 is 0. The number of nitrogens with one attached hydrogen (secondary N) is 2. The van der Waals surface area contributed by atoms with Gasteiger partial charge < -0.3 is 27.0 Å². The summed E-state index contributed by atoms with van der Waals surface area (Å²) < 4.78 is 0. The molecule has 158 valence electrons. The molecule has 8 nitrogen and oxygen atoms in total. The maximum absolute atomic E-state index is 12.7. The van der Waals surface area contributed by atoms with Crippen molar-refractivity contribution in [3.63, 3.8) is 0 Å². The average Bonchev–Trinajstić information content (AvgIpc) is 2.89. The van der Waals surface area contributed by atoms with Crippen molar-refractivity contribution in [3.05, 3.63) is 0 Å². The van der Waals surface area contributed by atoms with Gasteiger partial charge in [0.1, 0.15) is 6.04 Å². The van der Waals surface area contributed by atoms with Gasteiger partial charge in [-0.1, -0.05) is 0 Å². The summed E-state index contributed by atoms with van der Waals surface area (Å²) in [6, 6.07) is 0.0161. The third kappa shape index (κ3) is 3.56. The van der Waals surface area contributed by atoms with E-state index in [0.29, 0.717) is 23.9 Å². The molecule has 0 radical (unpaired) electrons. The minimum absolute atomic E-state index is 0.120. The summed E-state index contributed by atoms with van der Waals surface area (Å²) in [7, 11) is 2.13. The van der Waals surface area contributed by atoms with Gasteiger partial charge in [0, 0.05) is 49.7 Å². The van der Waals surface area contributed by atoms with Crippen LogP contribution in [0.2, 0.25) is 0 Å². The van der Waals surface area contributed by atoms with Crippen molar-refractivity contribution in [2.75, 3.05) is 33.2 Å². The molecule has 28 heavy (non-hydrogen) atoms. The Balaban J connectivity index is 1.33. The summed E-state index contributed by atoms with van der Waals surface area (Å²) in [6.07, 6.45) is 3.57. The summed E-state index contributed by atoms with van der Waals surface area (Å²) in [4.78, 5) is 29.4. The number of carbonyl (C=O) groups is 2. The number of piperidine rings is 1. The second kappa shape index (κ2) is 7.23. The maximum atomic E-state index is 12.7. The number of nitrogens with two attached hydrogens (primary N) is 2. The van der Waals surface area contributed by atoms with E-state index < -0.39 is 12.1 Å². The van der Waals surface area contributed by atoms with Crippen molar-refractivity contribution in [2.45, 2.75) is 63.3 Å². The van der Waals surface area contributed by atoms with Gasteiger partial charge in [-0.3, -0.25) is 14.5 Å². The van der Waals surface area contributed by atoms with E-state index in [1.165, 1.54) is 12.8 Å². The first-order valence-corrected chi connectivity index (χ1v) is 10.7. The van der Waals surface area contributed by atoms with Gasteiger partial charge in [0.25, 0.3) is 0 Å². The third-order valence-corrected chi connectivity index (χ3v) is 7.68. The van der Waals surface area contributed by atoms with Gasteiger partial charge in [-0.25, -0.2) is 0 Å². The fraction of sp³-hybridized carbons (Fsp3) is 0.900. The zero-order chi connectivity index (χ0) is 20.2. The van der Waals surface area contributed by atoms with E-state index in [-0.39, 0.29) is 23.3 Å². The molecule has 4 rings (SSSR count). The van der Waals surface area contributed by atoms with Crippen molar-refractivity contribution in [2.24, 2.45) is 28.7 Å². The summed E-state index contributed by atoms with van der Waals surface area (Å²) in [6.45, 7) is 7.51. The first-order valence-electron chi connectivity index (χ1n) is 10.7. The molecule has 2 bridgehead atoms. The van der Waals surface area contributed by atoms with Crippen molar-refractivity contribution in [3.8, 4) is 0 Å². The van der Waals surface area contributed by atoms with Crippen LogP contribution < -0.4 is 22.1 Å². The highest BCUT2D eigenvalue weighted by molar-refractivity contribution is 5.89. The number of rotatable bonds is 6. The molecule has 0 aromatic heterocycles. The molecule has 4 aliphatic rings. The van der Waals surface area contributed by atoms with E-state index >= 15 is 0 Å². The molecule has 2 heterocycles. The first-order chi connectivity index (χ1) is 13.2. The number of amides is 2. The van der Waals surface area contributed by atoms with Gasteiger partial charge >= 0.3 is 0 Å². The van der Waals surface area contributed by atoms with Crippen molar-refractivity contribution < 1.29 is 9.59 Å². The number of likely N-dealkylation sites (N-methyl/N-ethyl adjacent to an activating group) is 1. The van der Waals surface area contributed by atoms with E-state index in [0.717, 1.165) is 32.6 Å². The highest BCUT2D eigenvalue weighted by atomic mass is 16.2. The lowest BCUT2D eigenvalue weighted by Crippen LogP contribution is -2.53. The number of hydrogen-bond donors (Lipinski definition) is 4. The smallest absolute Gasteiger partial charge is 0.242 e. The Hall–Kier alpha value is -1.22. The lowest BCUT2D eigenvalue weighted by Gasteiger charge is -2.31. The van der Waals surface area contributed by atoms with E-state index in [2.05, 4.69) is 27.5 Å². The first kappa shape index (κ1) is 20.1. The van der Waals surface area contributed by atoms with Gasteiger partial charge in [0.15, 0.2) is 0 Å². The Morgan fingerprint density at radius 2 is 1.96 bits per heavy atom. The summed E-state index contributed by atoms with van der Waals surface area (Å²) in [5, 5.41) is 5.92. The largest absolute Gasteiger partial charge is 0.350 e. The molecule has 1 spiro atoms. The van der Waals surface area contributed by atoms with Crippen LogP contribution in [0.4, 0.5) is 0 Å². The Morgan fingerprint density at radius 3 is 2.57 bits per heavy atom. The maximum Gasteiger partial charge on any atom is 0.242 e. The molecule has 8 atom stereocenters. The predicted molar refractivity (Wildman–Crippen MR) is 107 cm³/mol. The normalized spacial score (nSPS) is 42.0. The van der Waals surface area contributed by atoms with Crippen molar-refractivity contribution in [1.82, 2.24) is 20.4 Å². The zero-order valence-corrected chi connectivity index (χ0v) is 17.4. The number of fused-ring (bicyclic) bond motifs is 2.